The van der Waals surface area contributed by atoms with Gasteiger partial charge in [-0.3, -0.25) is 9.30 Å². The summed E-state index contributed by atoms with van der Waals surface area (Å²) in [5, 5.41) is 19.0. The molecular formula is C19H22N4O2. The van der Waals surface area contributed by atoms with Crippen molar-refractivity contribution < 1.29 is 9.84 Å². The van der Waals surface area contributed by atoms with Crippen molar-refractivity contribution >= 4 is 5.65 Å². The van der Waals surface area contributed by atoms with Crippen molar-refractivity contribution in [3.05, 3.63) is 60.6 Å². The topological polar surface area (TPSA) is 62.9 Å². The van der Waals surface area contributed by atoms with E-state index in [1.165, 1.54) is 0 Å². The van der Waals surface area contributed by atoms with Crippen molar-refractivity contribution in [2.45, 2.75) is 25.0 Å². The molecule has 25 heavy (non-hydrogen) atoms. The minimum atomic E-state index is -0.542. The number of hydrogen-bond acceptors (Lipinski definition) is 5. The van der Waals surface area contributed by atoms with Crippen LogP contribution in [-0.2, 0) is 0 Å². The molecule has 0 aliphatic carbocycles. The van der Waals surface area contributed by atoms with Crippen LogP contribution in [0.15, 0.2) is 54.7 Å². The molecule has 1 N–H and O–H groups in total. The van der Waals surface area contributed by atoms with E-state index in [-0.39, 0.29) is 12.6 Å². The monoisotopic (exact) mass is 338 g/mol. The number of β-amino-alcohol motifs (C(OH)–C–C–N with tert-alkyl or cyclic N) is 1. The second kappa shape index (κ2) is 7.21. The van der Waals surface area contributed by atoms with Gasteiger partial charge in [0.25, 0.3) is 0 Å². The minimum Gasteiger partial charge on any atom is -0.491 e. The molecule has 1 aliphatic rings. The number of rotatable bonds is 6. The number of aliphatic hydroxyl groups excluding tert-OH is 1. The third-order valence-corrected chi connectivity index (χ3v) is 4.63. The Labute approximate surface area is 146 Å². The molecule has 0 spiro atoms. The molecule has 0 radical (unpaired) electrons. The van der Waals surface area contributed by atoms with E-state index in [2.05, 4.69) is 15.1 Å². The molecule has 0 saturated carbocycles. The Morgan fingerprint density at radius 2 is 1.96 bits per heavy atom. The summed E-state index contributed by atoms with van der Waals surface area (Å²) in [5.41, 5.74) is 0.859. The molecule has 2 atom stereocenters. The van der Waals surface area contributed by atoms with Gasteiger partial charge < -0.3 is 9.84 Å². The first-order valence-corrected chi connectivity index (χ1v) is 8.71. The Balaban J connectivity index is 1.41. The lowest BCUT2D eigenvalue weighted by Crippen LogP contribution is -2.35. The van der Waals surface area contributed by atoms with Gasteiger partial charge in [0.05, 0.1) is 6.04 Å². The molecule has 130 valence electrons. The van der Waals surface area contributed by atoms with Gasteiger partial charge in [0, 0.05) is 12.7 Å². The van der Waals surface area contributed by atoms with E-state index in [4.69, 9.17) is 4.74 Å². The van der Waals surface area contributed by atoms with Gasteiger partial charge in [0.1, 0.15) is 18.5 Å². The summed E-state index contributed by atoms with van der Waals surface area (Å²) in [6, 6.07) is 15.7. The Hall–Kier alpha value is -2.44. The normalized spacial score (nSPS) is 19.3. The van der Waals surface area contributed by atoms with Crippen molar-refractivity contribution in [1.82, 2.24) is 19.5 Å². The van der Waals surface area contributed by atoms with Crippen LogP contribution in [0.2, 0.25) is 0 Å². The quantitative estimate of drug-likeness (QED) is 0.747. The third-order valence-electron chi connectivity index (χ3n) is 4.63. The number of likely N-dealkylation sites (tertiary alicyclic amines) is 1. The first kappa shape index (κ1) is 16.1. The molecule has 1 aromatic carbocycles. The smallest absolute Gasteiger partial charge is 0.160 e. The van der Waals surface area contributed by atoms with Crippen molar-refractivity contribution in [2.24, 2.45) is 0 Å². The predicted octanol–water partition coefficient (Wildman–Crippen LogP) is 2.31. The molecule has 2 aromatic heterocycles. The van der Waals surface area contributed by atoms with E-state index in [1.807, 2.05) is 59.1 Å². The minimum absolute atomic E-state index is 0.184. The highest BCUT2D eigenvalue weighted by atomic mass is 16.5. The van der Waals surface area contributed by atoms with Gasteiger partial charge in [-0.25, -0.2) is 0 Å². The van der Waals surface area contributed by atoms with Gasteiger partial charge in [-0.05, 0) is 43.7 Å². The van der Waals surface area contributed by atoms with Crippen molar-refractivity contribution in [2.75, 3.05) is 19.7 Å². The molecule has 4 rings (SSSR count). The van der Waals surface area contributed by atoms with Gasteiger partial charge in [-0.1, -0.05) is 24.3 Å². The lowest BCUT2D eigenvalue weighted by atomic mass is 10.2. The summed E-state index contributed by atoms with van der Waals surface area (Å²) in [4.78, 5) is 2.28. The zero-order valence-electron chi connectivity index (χ0n) is 14.0. The molecule has 6 nitrogen and oxygen atoms in total. The SMILES string of the molecule is O[C@@H](COc1ccccc1)CN1CCC[C@H]1c1nnc2ccccn12. The van der Waals surface area contributed by atoms with Crippen LogP contribution in [0.5, 0.6) is 5.75 Å². The van der Waals surface area contributed by atoms with E-state index in [9.17, 15) is 5.11 Å². The van der Waals surface area contributed by atoms with E-state index < -0.39 is 6.10 Å². The summed E-state index contributed by atoms with van der Waals surface area (Å²) in [6.45, 7) is 1.81. The van der Waals surface area contributed by atoms with Crippen LogP contribution in [0.3, 0.4) is 0 Å². The number of pyridine rings is 1. The van der Waals surface area contributed by atoms with E-state index in [0.29, 0.717) is 6.54 Å². The van der Waals surface area contributed by atoms with Gasteiger partial charge >= 0.3 is 0 Å². The Bertz CT molecular complexity index is 820. The zero-order valence-corrected chi connectivity index (χ0v) is 14.0. The maximum absolute atomic E-state index is 10.4. The first-order chi connectivity index (χ1) is 12.3. The fourth-order valence-electron chi connectivity index (χ4n) is 3.46. The van der Waals surface area contributed by atoms with E-state index in [0.717, 1.165) is 36.6 Å². The van der Waals surface area contributed by atoms with Crippen LogP contribution in [0, 0.1) is 0 Å². The van der Waals surface area contributed by atoms with E-state index in [1.54, 1.807) is 0 Å². The fraction of sp³-hybridized carbons (Fsp3) is 0.368. The fourth-order valence-corrected chi connectivity index (χ4v) is 3.46. The molecule has 1 saturated heterocycles. The van der Waals surface area contributed by atoms with Crippen LogP contribution in [-0.4, -0.2) is 50.4 Å². The first-order valence-electron chi connectivity index (χ1n) is 8.71. The highest BCUT2D eigenvalue weighted by Crippen LogP contribution is 2.31. The lowest BCUT2D eigenvalue weighted by molar-refractivity contribution is 0.0625. The molecule has 3 aromatic rings. The van der Waals surface area contributed by atoms with Gasteiger partial charge in [-0.2, -0.15) is 0 Å². The number of ether oxygens (including phenoxy) is 1. The Kier molecular flexibility index (Phi) is 4.63. The average Bonchev–Trinajstić information content (AvgIpc) is 3.27. The largest absolute Gasteiger partial charge is 0.491 e. The molecule has 0 amide bonds. The molecule has 6 heteroatoms. The van der Waals surface area contributed by atoms with Crippen LogP contribution in [0.4, 0.5) is 0 Å². The molecular weight excluding hydrogens is 316 g/mol. The number of para-hydroxylation sites is 1. The molecule has 0 bridgehead atoms. The van der Waals surface area contributed by atoms with Crippen molar-refractivity contribution in [3.63, 3.8) is 0 Å². The summed E-state index contributed by atoms with van der Waals surface area (Å²) in [6.07, 6.45) is 3.58. The second-order valence-electron chi connectivity index (χ2n) is 6.42. The van der Waals surface area contributed by atoms with Crippen molar-refractivity contribution in [1.29, 1.82) is 0 Å². The van der Waals surface area contributed by atoms with Gasteiger partial charge in [0.15, 0.2) is 11.5 Å². The highest BCUT2D eigenvalue weighted by molar-refractivity contribution is 5.37. The maximum atomic E-state index is 10.4. The number of fused-ring (bicyclic) bond motifs is 1. The second-order valence-corrected chi connectivity index (χ2v) is 6.42. The summed E-state index contributed by atoms with van der Waals surface area (Å²) >= 11 is 0. The summed E-state index contributed by atoms with van der Waals surface area (Å²) < 4.78 is 7.70. The zero-order chi connectivity index (χ0) is 17.1. The number of nitrogens with zero attached hydrogens (tertiary/aromatic N) is 4. The molecule has 3 heterocycles. The number of hydrogen-bond donors (Lipinski definition) is 1. The van der Waals surface area contributed by atoms with Crippen LogP contribution in [0.25, 0.3) is 5.65 Å². The molecule has 1 aliphatic heterocycles. The Morgan fingerprint density at radius 1 is 1.12 bits per heavy atom. The van der Waals surface area contributed by atoms with E-state index >= 15 is 0 Å². The van der Waals surface area contributed by atoms with Crippen LogP contribution >= 0.6 is 0 Å². The van der Waals surface area contributed by atoms with Crippen LogP contribution in [0.1, 0.15) is 24.7 Å². The highest BCUT2D eigenvalue weighted by Gasteiger charge is 2.31. The van der Waals surface area contributed by atoms with Gasteiger partial charge in [-0.15, -0.1) is 10.2 Å². The Morgan fingerprint density at radius 3 is 2.84 bits per heavy atom. The number of benzene rings is 1. The van der Waals surface area contributed by atoms with Crippen molar-refractivity contribution in [3.8, 4) is 5.75 Å². The molecule has 0 unspecified atom stereocenters. The summed E-state index contributed by atoms with van der Waals surface area (Å²) in [7, 11) is 0. The standard InChI is InChI=1S/C19H22N4O2/c24-15(14-25-16-7-2-1-3-8-16)13-22-11-6-9-17(22)19-21-20-18-10-4-5-12-23(18)19/h1-5,7-8,10,12,15,17,24H,6,9,11,13-14H2/t15-,17+/m1/s1. The predicted molar refractivity (Wildman–Crippen MR) is 94.5 cm³/mol. The third kappa shape index (κ3) is 3.50. The van der Waals surface area contributed by atoms with Crippen LogP contribution < -0.4 is 4.74 Å². The average molecular weight is 338 g/mol. The van der Waals surface area contributed by atoms with Gasteiger partial charge in [0.2, 0.25) is 0 Å². The number of aliphatic hydroxyl groups is 1. The summed E-state index contributed by atoms with van der Waals surface area (Å²) in [5.74, 6) is 1.73. The maximum Gasteiger partial charge on any atom is 0.160 e. The lowest BCUT2D eigenvalue weighted by Gasteiger charge is -2.25. The molecule has 1 fully saturated rings. The number of aromatic nitrogens is 3.